The average Bonchev–Trinajstić information content (AvgIpc) is 2.66. The lowest BCUT2D eigenvalue weighted by Gasteiger charge is -2.02. The third-order valence-corrected chi connectivity index (χ3v) is 1.92. The zero-order chi connectivity index (χ0) is 10.8. The second-order valence-electron chi connectivity index (χ2n) is 2.93. The summed E-state index contributed by atoms with van der Waals surface area (Å²) in [6.45, 7) is 0.177. The van der Waals surface area contributed by atoms with Gasteiger partial charge in [0, 0.05) is 6.54 Å². The summed E-state index contributed by atoms with van der Waals surface area (Å²) < 4.78 is 27.6. The van der Waals surface area contributed by atoms with E-state index in [9.17, 15) is 8.78 Å². The van der Waals surface area contributed by atoms with E-state index in [4.69, 9.17) is 5.73 Å². The maximum Gasteiger partial charge on any atom is 0.151 e. The average molecular weight is 210 g/mol. The van der Waals surface area contributed by atoms with Gasteiger partial charge in [0.15, 0.2) is 11.6 Å². The minimum Gasteiger partial charge on any atom is -0.325 e. The molecule has 1 aromatic carbocycles. The number of nitrogens with zero attached hydrogens (tertiary/aromatic N) is 3. The summed E-state index contributed by atoms with van der Waals surface area (Å²) in [4.78, 5) is 0. The van der Waals surface area contributed by atoms with Gasteiger partial charge >= 0.3 is 0 Å². The maximum absolute atomic E-state index is 13.3. The summed E-state index contributed by atoms with van der Waals surface area (Å²) in [5.74, 6) is -1.38. The van der Waals surface area contributed by atoms with Crippen LogP contribution in [0, 0.1) is 11.6 Å². The zero-order valence-electron chi connectivity index (χ0n) is 7.69. The van der Waals surface area contributed by atoms with E-state index in [1.165, 1.54) is 12.3 Å². The molecule has 0 radical (unpaired) electrons. The molecule has 0 fully saturated rings. The van der Waals surface area contributed by atoms with Crippen molar-refractivity contribution in [3.8, 4) is 5.69 Å². The molecule has 0 saturated heterocycles. The number of benzene rings is 1. The standard InChI is InChI=1S/C9H8F2N4/c10-7-2-1-3-8(11)9(7)15-5-6(4-12)13-14-15/h1-3,5H,4,12H2. The largest absolute Gasteiger partial charge is 0.325 e. The SMILES string of the molecule is NCc1cn(-c2c(F)cccc2F)nn1. The molecule has 0 spiro atoms. The first-order chi connectivity index (χ1) is 7.22. The first kappa shape index (κ1) is 9.72. The van der Waals surface area contributed by atoms with E-state index < -0.39 is 11.6 Å². The van der Waals surface area contributed by atoms with Crippen molar-refractivity contribution in [2.45, 2.75) is 6.54 Å². The van der Waals surface area contributed by atoms with Gasteiger partial charge in [0.1, 0.15) is 5.69 Å². The van der Waals surface area contributed by atoms with Crippen LogP contribution in [0.4, 0.5) is 8.78 Å². The highest BCUT2D eigenvalue weighted by molar-refractivity contribution is 5.34. The van der Waals surface area contributed by atoms with Gasteiger partial charge in [0.05, 0.1) is 11.9 Å². The highest BCUT2D eigenvalue weighted by Gasteiger charge is 2.12. The number of para-hydroxylation sites is 1. The molecule has 15 heavy (non-hydrogen) atoms. The quantitative estimate of drug-likeness (QED) is 0.804. The van der Waals surface area contributed by atoms with E-state index in [2.05, 4.69) is 10.3 Å². The van der Waals surface area contributed by atoms with Crippen molar-refractivity contribution in [3.63, 3.8) is 0 Å². The van der Waals surface area contributed by atoms with Crippen molar-refractivity contribution in [2.24, 2.45) is 5.73 Å². The molecule has 6 heteroatoms. The molecule has 2 rings (SSSR count). The highest BCUT2D eigenvalue weighted by Crippen LogP contribution is 2.16. The van der Waals surface area contributed by atoms with Gasteiger partial charge in [-0.25, -0.2) is 13.5 Å². The van der Waals surface area contributed by atoms with Crippen molar-refractivity contribution >= 4 is 0 Å². The topological polar surface area (TPSA) is 56.7 Å². The molecule has 0 aliphatic rings. The molecule has 1 heterocycles. The molecule has 0 bridgehead atoms. The number of hydrogen-bond donors (Lipinski definition) is 1. The number of rotatable bonds is 2. The van der Waals surface area contributed by atoms with Crippen molar-refractivity contribution in [1.82, 2.24) is 15.0 Å². The Morgan fingerprint density at radius 3 is 2.47 bits per heavy atom. The minimum absolute atomic E-state index is 0.177. The fourth-order valence-electron chi connectivity index (χ4n) is 1.21. The molecule has 2 N–H and O–H groups in total. The second-order valence-corrected chi connectivity index (χ2v) is 2.93. The van der Waals surface area contributed by atoms with Gasteiger partial charge in [-0.05, 0) is 12.1 Å². The lowest BCUT2D eigenvalue weighted by atomic mass is 10.3. The predicted molar refractivity (Wildman–Crippen MR) is 49.2 cm³/mol. The lowest BCUT2D eigenvalue weighted by Crippen LogP contribution is -2.02. The number of hydrogen-bond acceptors (Lipinski definition) is 3. The van der Waals surface area contributed by atoms with Crippen molar-refractivity contribution in [1.29, 1.82) is 0 Å². The minimum atomic E-state index is -0.691. The van der Waals surface area contributed by atoms with Crippen molar-refractivity contribution in [2.75, 3.05) is 0 Å². The Hall–Kier alpha value is -1.82. The Bertz CT molecular complexity index is 460. The summed E-state index contributed by atoms with van der Waals surface area (Å²) >= 11 is 0. The van der Waals surface area contributed by atoms with Crippen LogP contribution in [-0.2, 0) is 6.54 Å². The van der Waals surface area contributed by atoms with E-state index in [0.717, 1.165) is 16.8 Å². The van der Waals surface area contributed by atoms with Gasteiger partial charge in [-0.15, -0.1) is 5.10 Å². The molecular weight excluding hydrogens is 202 g/mol. The van der Waals surface area contributed by atoms with Gasteiger partial charge in [-0.1, -0.05) is 11.3 Å². The number of nitrogens with two attached hydrogens (primary N) is 1. The summed E-state index contributed by atoms with van der Waals surface area (Å²) in [5, 5.41) is 7.23. The first-order valence-electron chi connectivity index (χ1n) is 4.28. The Balaban J connectivity index is 2.53. The highest BCUT2D eigenvalue weighted by atomic mass is 19.1. The van der Waals surface area contributed by atoms with E-state index in [1.807, 2.05) is 0 Å². The molecule has 1 aromatic heterocycles. The molecule has 0 saturated carbocycles. The molecular formula is C9H8F2N4. The van der Waals surface area contributed by atoms with Gasteiger partial charge < -0.3 is 5.73 Å². The maximum atomic E-state index is 13.3. The summed E-state index contributed by atoms with van der Waals surface area (Å²) in [6, 6.07) is 3.60. The van der Waals surface area contributed by atoms with Crippen LogP contribution in [0.2, 0.25) is 0 Å². The van der Waals surface area contributed by atoms with Crippen LogP contribution in [0.5, 0.6) is 0 Å². The molecule has 78 valence electrons. The number of aromatic nitrogens is 3. The van der Waals surface area contributed by atoms with Crippen LogP contribution < -0.4 is 5.73 Å². The Labute approximate surface area is 84.3 Å². The Kier molecular flexibility index (Phi) is 2.42. The van der Waals surface area contributed by atoms with Crippen LogP contribution in [0.25, 0.3) is 5.69 Å². The Morgan fingerprint density at radius 2 is 1.93 bits per heavy atom. The van der Waals surface area contributed by atoms with E-state index in [0.29, 0.717) is 5.69 Å². The van der Waals surface area contributed by atoms with Crippen molar-refractivity contribution in [3.05, 3.63) is 41.7 Å². The molecule has 0 aliphatic carbocycles. The fourth-order valence-corrected chi connectivity index (χ4v) is 1.21. The molecule has 0 amide bonds. The Morgan fingerprint density at radius 1 is 1.27 bits per heavy atom. The normalized spacial score (nSPS) is 10.6. The van der Waals surface area contributed by atoms with E-state index >= 15 is 0 Å². The van der Waals surface area contributed by atoms with Crippen LogP contribution >= 0.6 is 0 Å². The van der Waals surface area contributed by atoms with E-state index in [1.54, 1.807) is 0 Å². The first-order valence-corrected chi connectivity index (χ1v) is 4.28. The fraction of sp³-hybridized carbons (Fsp3) is 0.111. The smallest absolute Gasteiger partial charge is 0.151 e. The molecule has 2 aromatic rings. The van der Waals surface area contributed by atoms with Gasteiger partial charge in [0.2, 0.25) is 0 Å². The molecule has 0 unspecified atom stereocenters. The molecule has 0 aliphatic heterocycles. The monoisotopic (exact) mass is 210 g/mol. The van der Waals surface area contributed by atoms with Crippen molar-refractivity contribution < 1.29 is 8.78 Å². The molecule has 0 atom stereocenters. The van der Waals surface area contributed by atoms with Crippen LogP contribution in [0.15, 0.2) is 24.4 Å². The third kappa shape index (κ3) is 1.71. The van der Waals surface area contributed by atoms with E-state index in [-0.39, 0.29) is 12.2 Å². The summed E-state index contributed by atoms with van der Waals surface area (Å²) in [7, 11) is 0. The molecule has 4 nitrogen and oxygen atoms in total. The van der Waals surface area contributed by atoms with Gasteiger partial charge in [0.25, 0.3) is 0 Å². The predicted octanol–water partition coefficient (Wildman–Crippen LogP) is 1.00. The van der Waals surface area contributed by atoms with Crippen LogP contribution in [-0.4, -0.2) is 15.0 Å². The second kappa shape index (κ2) is 3.74. The van der Waals surface area contributed by atoms with Gasteiger partial charge in [-0.2, -0.15) is 0 Å². The van der Waals surface area contributed by atoms with Crippen LogP contribution in [0.1, 0.15) is 5.69 Å². The lowest BCUT2D eigenvalue weighted by molar-refractivity contribution is 0.556. The summed E-state index contributed by atoms with van der Waals surface area (Å²) in [6.07, 6.45) is 1.39. The third-order valence-electron chi connectivity index (χ3n) is 1.92. The van der Waals surface area contributed by atoms with Crippen LogP contribution in [0.3, 0.4) is 0 Å². The zero-order valence-corrected chi connectivity index (χ0v) is 7.69. The summed E-state index contributed by atoms with van der Waals surface area (Å²) in [5.41, 5.74) is 5.54. The number of halogens is 2. The van der Waals surface area contributed by atoms with Gasteiger partial charge in [-0.3, -0.25) is 0 Å².